The summed E-state index contributed by atoms with van der Waals surface area (Å²) in [6.07, 6.45) is 1.53. The standard InChI is InChI=1S/C21H22ClN3OS2/c22-17-8-4-9-18-20(17)23-21(28-18)25-13-11-24(12-14-25)19(26)10-5-15-27-16-6-2-1-3-7-16/h1-4,6-9H,5,10-15H2. The second-order valence-corrected chi connectivity index (χ2v) is 9.30. The molecule has 0 radical (unpaired) electrons. The van der Waals surface area contributed by atoms with E-state index in [-0.39, 0.29) is 5.91 Å². The van der Waals surface area contributed by atoms with E-state index in [2.05, 4.69) is 23.1 Å². The number of thioether (sulfide) groups is 1. The summed E-state index contributed by atoms with van der Waals surface area (Å²) in [5.74, 6) is 1.24. The summed E-state index contributed by atoms with van der Waals surface area (Å²) in [6, 6.07) is 16.2. The van der Waals surface area contributed by atoms with Gasteiger partial charge in [-0.1, -0.05) is 47.2 Å². The lowest BCUT2D eigenvalue weighted by Crippen LogP contribution is -2.48. The quantitative estimate of drug-likeness (QED) is 0.398. The van der Waals surface area contributed by atoms with Gasteiger partial charge in [0, 0.05) is 37.5 Å². The van der Waals surface area contributed by atoms with Crippen molar-refractivity contribution >= 4 is 56.0 Å². The molecule has 1 aromatic heterocycles. The van der Waals surface area contributed by atoms with E-state index in [9.17, 15) is 4.79 Å². The maximum absolute atomic E-state index is 12.5. The molecule has 0 N–H and O–H groups in total. The number of carbonyl (C=O) groups excluding carboxylic acids is 1. The number of fused-ring (bicyclic) bond motifs is 1. The Kier molecular flexibility index (Phi) is 6.40. The highest BCUT2D eigenvalue weighted by molar-refractivity contribution is 7.99. The van der Waals surface area contributed by atoms with Gasteiger partial charge in [0.15, 0.2) is 5.13 Å². The second kappa shape index (κ2) is 9.16. The van der Waals surface area contributed by atoms with Gasteiger partial charge in [-0.15, -0.1) is 11.8 Å². The lowest BCUT2D eigenvalue weighted by atomic mass is 10.2. The molecule has 4 rings (SSSR count). The summed E-state index contributed by atoms with van der Waals surface area (Å²) >= 11 is 9.72. The Labute approximate surface area is 178 Å². The molecule has 146 valence electrons. The van der Waals surface area contributed by atoms with E-state index < -0.39 is 0 Å². The molecule has 0 unspecified atom stereocenters. The lowest BCUT2D eigenvalue weighted by molar-refractivity contribution is -0.131. The largest absolute Gasteiger partial charge is 0.345 e. The van der Waals surface area contributed by atoms with Crippen molar-refractivity contribution in [2.24, 2.45) is 0 Å². The SMILES string of the molecule is O=C(CCCSc1ccccc1)N1CCN(c2nc3c(Cl)cccc3s2)CC1. The van der Waals surface area contributed by atoms with Crippen LogP contribution in [0, 0.1) is 0 Å². The van der Waals surface area contributed by atoms with E-state index in [1.807, 2.05) is 47.0 Å². The predicted octanol–water partition coefficient (Wildman–Crippen LogP) is 5.17. The van der Waals surface area contributed by atoms with Crippen LogP contribution in [0.3, 0.4) is 0 Å². The molecule has 1 amide bonds. The number of para-hydroxylation sites is 1. The number of benzene rings is 2. The van der Waals surface area contributed by atoms with Gasteiger partial charge in [0.2, 0.25) is 5.91 Å². The van der Waals surface area contributed by atoms with E-state index in [0.29, 0.717) is 11.4 Å². The van der Waals surface area contributed by atoms with Crippen molar-refractivity contribution in [1.82, 2.24) is 9.88 Å². The number of hydrogen-bond acceptors (Lipinski definition) is 5. The molecule has 28 heavy (non-hydrogen) atoms. The minimum absolute atomic E-state index is 0.264. The Morgan fingerprint density at radius 1 is 1.07 bits per heavy atom. The number of nitrogens with zero attached hydrogens (tertiary/aromatic N) is 3. The van der Waals surface area contributed by atoms with Crippen molar-refractivity contribution in [3.63, 3.8) is 0 Å². The highest BCUT2D eigenvalue weighted by atomic mass is 35.5. The maximum atomic E-state index is 12.5. The average Bonchev–Trinajstić information content (AvgIpc) is 3.18. The van der Waals surface area contributed by atoms with E-state index in [0.717, 1.165) is 53.7 Å². The third kappa shape index (κ3) is 4.62. The molecule has 2 aromatic carbocycles. The van der Waals surface area contributed by atoms with Crippen molar-refractivity contribution in [2.75, 3.05) is 36.8 Å². The van der Waals surface area contributed by atoms with Crippen LogP contribution in [0.25, 0.3) is 10.2 Å². The molecule has 3 aromatic rings. The maximum Gasteiger partial charge on any atom is 0.222 e. The van der Waals surface area contributed by atoms with Crippen LogP contribution in [-0.2, 0) is 4.79 Å². The molecule has 0 saturated carbocycles. The molecule has 7 heteroatoms. The van der Waals surface area contributed by atoms with Gasteiger partial charge in [0.05, 0.1) is 9.72 Å². The van der Waals surface area contributed by atoms with E-state index in [4.69, 9.17) is 16.6 Å². The van der Waals surface area contributed by atoms with Crippen LogP contribution in [0.2, 0.25) is 5.02 Å². The van der Waals surface area contributed by atoms with E-state index in [1.165, 1.54) is 4.90 Å². The summed E-state index contributed by atoms with van der Waals surface area (Å²) in [7, 11) is 0. The number of anilines is 1. The van der Waals surface area contributed by atoms with Crippen molar-refractivity contribution in [3.05, 3.63) is 53.6 Å². The first kappa shape index (κ1) is 19.6. The first-order chi connectivity index (χ1) is 13.7. The molecule has 1 saturated heterocycles. The van der Waals surface area contributed by atoms with Crippen LogP contribution in [0.4, 0.5) is 5.13 Å². The van der Waals surface area contributed by atoms with Gasteiger partial charge < -0.3 is 9.80 Å². The molecular formula is C21H22ClN3OS2. The van der Waals surface area contributed by atoms with Crippen molar-refractivity contribution in [1.29, 1.82) is 0 Å². The van der Waals surface area contributed by atoms with Gasteiger partial charge in [-0.05, 0) is 36.4 Å². The predicted molar refractivity (Wildman–Crippen MR) is 120 cm³/mol. The van der Waals surface area contributed by atoms with Crippen molar-refractivity contribution < 1.29 is 4.79 Å². The van der Waals surface area contributed by atoms with E-state index >= 15 is 0 Å². The van der Waals surface area contributed by atoms with Crippen LogP contribution >= 0.6 is 34.7 Å². The molecule has 0 spiro atoms. The van der Waals surface area contributed by atoms with Gasteiger partial charge in [-0.2, -0.15) is 0 Å². The Balaban J connectivity index is 1.24. The first-order valence-corrected chi connectivity index (χ1v) is 11.6. The third-order valence-electron chi connectivity index (χ3n) is 4.81. The number of halogens is 1. The van der Waals surface area contributed by atoms with Gasteiger partial charge in [-0.3, -0.25) is 4.79 Å². The topological polar surface area (TPSA) is 36.4 Å². The van der Waals surface area contributed by atoms with Gasteiger partial charge in [-0.25, -0.2) is 4.98 Å². The summed E-state index contributed by atoms with van der Waals surface area (Å²) in [5, 5.41) is 1.69. The number of hydrogen-bond donors (Lipinski definition) is 0. The molecule has 1 aliphatic heterocycles. The fourth-order valence-electron chi connectivity index (χ4n) is 3.27. The van der Waals surface area contributed by atoms with E-state index in [1.54, 1.807) is 11.3 Å². The zero-order chi connectivity index (χ0) is 19.3. The Hall–Kier alpha value is -1.76. The van der Waals surface area contributed by atoms with Crippen LogP contribution in [-0.4, -0.2) is 47.7 Å². The molecule has 1 fully saturated rings. The second-order valence-electron chi connectivity index (χ2n) is 6.72. The number of piperazine rings is 1. The number of amides is 1. The zero-order valence-corrected chi connectivity index (χ0v) is 17.9. The first-order valence-electron chi connectivity index (χ1n) is 9.46. The monoisotopic (exact) mass is 431 g/mol. The zero-order valence-electron chi connectivity index (χ0n) is 15.5. The number of rotatable bonds is 6. The highest BCUT2D eigenvalue weighted by Crippen LogP contribution is 2.33. The van der Waals surface area contributed by atoms with Gasteiger partial charge in [0.25, 0.3) is 0 Å². The van der Waals surface area contributed by atoms with Crippen molar-refractivity contribution in [2.45, 2.75) is 17.7 Å². The molecule has 2 heterocycles. The van der Waals surface area contributed by atoms with Crippen LogP contribution in [0.5, 0.6) is 0 Å². The van der Waals surface area contributed by atoms with Crippen LogP contribution in [0.1, 0.15) is 12.8 Å². The molecule has 1 aliphatic rings. The van der Waals surface area contributed by atoms with Gasteiger partial charge in [0.1, 0.15) is 5.52 Å². The summed E-state index contributed by atoms with van der Waals surface area (Å²) in [5.41, 5.74) is 0.874. The molecule has 0 atom stereocenters. The minimum atomic E-state index is 0.264. The Morgan fingerprint density at radius 3 is 2.61 bits per heavy atom. The fraction of sp³-hybridized carbons (Fsp3) is 0.333. The normalized spacial score (nSPS) is 14.6. The smallest absolute Gasteiger partial charge is 0.222 e. The molecular weight excluding hydrogens is 410 g/mol. The highest BCUT2D eigenvalue weighted by Gasteiger charge is 2.23. The third-order valence-corrected chi connectivity index (χ3v) is 7.29. The summed E-state index contributed by atoms with van der Waals surface area (Å²) in [4.78, 5) is 22.7. The Morgan fingerprint density at radius 2 is 1.86 bits per heavy atom. The summed E-state index contributed by atoms with van der Waals surface area (Å²) < 4.78 is 1.11. The molecule has 0 aliphatic carbocycles. The van der Waals surface area contributed by atoms with Crippen LogP contribution < -0.4 is 4.90 Å². The minimum Gasteiger partial charge on any atom is -0.345 e. The Bertz CT molecular complexity index is 939. The van der Waals surface area contributed by atoms with Crippen molar-refractivity contribution in [3.8, 4) is 0 Å². The van der Waals surface area contributed by atoms with Crippen LogP contribution in [0.15, 0.2) is 53.4 Å². The molecule has 4 nitrogen and oxygen atoms in total. The number of aromatic nitrogens is 1. The average molecular weight is 432 g/mol. The summed E-state index contributed by atoms with van der Waals surface area (Å²) in [6.45, 7) is 3.16. The molecule has 0 bridgehead atoms. The number of carbonyl (C=O) groups is 1. The lowest BCUT2D eigenvalue weighted by Gasteiger charge is -2.34. The number of thiazole rings is 1. The van der Waals surface area contributed by atoms with Gasteiger partial charge >= 0.3 is 0 Å². The fourth-order valence-corrected chi connectivity index (χ4v) is 5.46.